The van der Waals surface area contributed by atoms with E-state index in [-0.39, 0.29) is 0 Å². The highest BCUT2D eigenvalue weighted by Gasteiger charge is 1.97. The van der Waals surface area contributed by atoms with E-state index in [1.807, 2.05) is 30.5 Å². The minimum Gasteiger partial charge on any atom is -0.313 e. The second kappa shape index (κ2) is 6.26. The van der Waals surface area contributed by atoms with E-state index < -0.39 is 0 Å². The number of fused-ring (bicyclic) bond motifs is 1. The Labute approximate surface area is 108 Å². The summed E-state index contributed by atoms with van der Waals surface area (Å²) in [5.74, 6) is 0. The standard InChI is InChI=1S/C15H19N3/c1-3-8-16-10-12(2)9-13-11-17-14-6-4-5-7-15(14)18-13/h4-7,9,11,16H,3,8,10H2,1-2H3. The third kappa shape index (κ3) is 3.37. The molecule has 3 nitrogen and oxygen atoms in total. The molecule has 0 saturated carbocycles. The number of hydrogen-bond acceptors (Lipinski definition) is 3. The van der Waals surface area contributed by atoms with Crippen molar-refractivity contribution in [2.75, 3.05) is 13.1 Å². The van der Waals surface area contributed by atoms with Gasteiger partial charge in [-0.1, -0.05) is 24.6 Å². The first-order valence-corrected chi connectivity index (χ1v) is 6.39. The van der Waals surface area contributed by atoms with Crippen LogP contribution >= 0.6 is 0 Å². The van der Waals surface area contributed by atoms with E-state index in [0.29, 0.717) is 0 Å². The molecule has 0 radical (unpaired) electrons. The van der Waals surface area contributed by atoms with Gasteiger partial charge >= 0.3 is 0 Å². The van der Waals surface area contributed by atoms with Crippen molar-refractivity contribution < 1.29 is 0 Å². The van der Waals surface area contributed by atoms with Crippen LogP contribution in [0, 0.1) is 0 Å². The van der Waals surface area contributed by atoms with Gasteiger partial charge in [-0.3, -0.25) is 4.98 Å². The van der Waals surface area contributed by atoms with Gasteiger partial charge in [0.1, 0.15) is 0 Å². The number of para-hydroxylation sites is 2. The molecule has 1 aromatic heterocycles. The minimum absolute atomic E-state index is 0.905. The van der Waals surface area contributed by atoms with Crippen LogP contribution in [0.15, 0.2) is 36.0 Å². The number of benzene rings is 1. The molecule has 2 aromatic rings. The fourth-order valence-electron chi connectivity index (χ4n) is 1.81. The van der Waals surface area contributed by atoms with E-state index in [1.54, 1.807) is 0 Å². The number of hydrogen-bond donors (Lipinski definition) is 1. The Hall–Kier alpha value is -1.74. The molecule has 0 saturated heterocycles. The Kier molecular flexibility index (Phi) is 4.42. The lowest BCUT2D eigenvalue weighted by Crippen LogP contribution is -2.16. The number of aromatic nitrogens is 2. The molecular formula is C15H19N3. The molecule has 1 aromatic carbocycles. The quantitative estimate of drug-likeness (QED) is 0.818. The lowest BCUT2D eigenvalue weighted by atomic mass is 10.2. The summed E-state index contributed by atoms with van der Waals surface area (Å²) in [7, 11) is 0. The number of rotatable bonds is 5. The summed E-state index contributed by atoms with van der Waals surface area (Å²) in [5.41, 5.74) is 4.08. The zero-order valence-corrected chi connectivity index (χ0v) is 11.0. The van der Waals surface area contributed by atoms with Crippen LogP contribution in [0.3, 0.4) is 0 Å². The van der Waals surface area contributed by atoms with Gasteiger partial charge in [0.25, 0.3) is 0 Å². The second-order valence-corrected chi connectivity index (χ2v) is 4.45. The zero-order valence-electron chi connectivity index (χ0n) is 11.0. The molecule has 2 rings (SSSR count). The molecule has 0 atom stereocenters. The third-order valence-electron chi connectivity index (χ3n) is 2.69. The summed E-state index contributed by atoms with van der Waals surface area (Å²) in [6.07, 6.45) is 5.07. The van der Waals surface area contributed by atoms with Crippen LogP contribution in [0.25, 0.3) is 17.1 Å². The predicted molar refractivity (Wildman–Crippen MR) is 76.3 cm³/mol. The van der Waals surface area contributed by atoms with Gasteiger partial charge in [-0.2, -0.15) is 0 Å². The summed E-state index contributed by atoms with van der Waals surface area (Å²) in [6, 6.07) is 7.93. The van der Waals surface area contributed by atoms with Gasteiger partial charge in [0.15, 0.2) is 0 Å². The van der Waals surface area contributed by atoms with Gasteiger partial charge in [0.2, 0.25) is 0 Å². The summed E-state index contributed by atoms with van der Waals surface area (Å²) >= 11 is 0. The lowest BCUT2D eigenvalue weighted by molar-refractivity contribution is 0.715. The van der Waals surface area contributed by atoms with Crippen molar-refractivity contribution in [3.05, 3.63) is 41.7 Å². The maximum Gasteiger partial charge on any atom is 0.0894 e. The van der Waals surface area contributed by atoms with E-state index in [4.69, 9.17) is 0 Å². The highest BCUT2D eigenvalue weighted by molar-refractivity contribution is 5.74. The SMILES string of the molecule is CCCNCC(C)=Cc1cnc2ccccc2n1. The normalized spacial score (nSPS) is 12.0. The Balaban J connectivity index is 2.13. The second-order valence-electron chi connectivity index (χ2n) is 4.45. The molecule has 0 unspecified atom stereocenters. The first-order chi connectivity index (χ1) is 8.79. The van der Waals surface area contributed by atoms with Crippen LogP contribution in [0.5, 0.6) is 0 Å². The monoisotopic (exact) mass is 241 g/mol. The minimum atomic E-state index is 0.905. The van der Waals surface area contributed by atoms with Crippen molar-refractivity contribution in [2.45, 2.75) is 20.3 Å². The van der Waals surface area contributed by atoms with Crippen molar-refractivity contribution in [3.8, 4) is 0 Å². The zero-order chi connectivity index (χ0) is 12.8. The van der Waals surface area contributed by atoms with Crippen molar-refractivity contribution in [3.63, 3.8) is 0 Å². The van der Waals surface area contributed by atoms with Crippen molar-refractivity contribution in [1.29, 1.82) is 0 Å². The molecule has 0 bridgehead atoms. The van der Waals surface area contributed by atoms with Crippen LogP contribution in [0.4, 0.5) is 0 Å². The van der Waals surface area contributed by atoms with E-state index in [0.717, 1.165) is 36.2 Å². The molecular weight excluding hydrogens is 222 g/mol. The molecule has 0 amide bonds. The Morgan fingerprint density at radius 2 is 2.06 bits per heavy atom. The molecule has 0 aliphatic carbocycles. The van der Waals surface area contributed by atoms with Crippen LogP contribution in [-0.2, 0) is 0 Å². The van der Waals surface area contributed by atoms with Gasteiger partial charge in [-0.05, 0) is 38.1 Å². The largest absolute Gasteiger partial charge is 0.313 e. The average molecular weight is 241 g/mol. The van der Waals surface area contributed by atoms with Gasteiger partial charge in [-0.15, -0.1) is 0 Å². The van der Waals surface area contributed by atoms with Gasteiger partial charge in [0.05, 0.1) is 22.9 Å². The molecule has 1 N–H and O–H groups in total. The van der Waals surface area contributed by atoms with E-state index in [9.17, 15) is 0 Å². The van der Waals surface area contributed by atoms with Crippen LogP contribution in [0.2, 0.25) is 0 Å². The first-order valence-electron chi connectivity index (χ1n) is 6.39. The van der Waals surface area contributed by atoms with E-state index in [2.05, 4.69) is 35.2 Å². The average Bonchev–Trinajstić information content (AvgIpc) is 2.39. The number of nitrogens with zero attached hydrogens (tertiary/aromatic N) is 2. The smallest absolute Gasteiger partial charge is 0.0894 e. The summed E-state index contributed by atoms with van der Waals surface area (Å²) in [6.45, 7) is 6.23. The molecule has 0 aliphatic rings. The molecule has 18 heavy (non-hydrogen) atoms. The van der Waals surface area contributed by atoms with E-state index >= 15 is 0 Å². The maximum absolute atomic E-state index is 4.58. The molecule has 94 valence electrons. The fourth-order valence-corrected chi connectivity index (χ4v) is 1.81. The fraction of sp³-hybridized carbons (Fsp3) is 0.333. The summed E-state index contributed by atoms with van der Waals surface area (Å²) in [5, 5.41) is 3.38. The Bertz CT molecular complexity index is 546. The third-order valence-corrected chi connectivity index (χ3v) is 2.69. The van der Waals surface area contributed by atoms with Gasteiger partial charge in [0, 0.05) is 6.54 Å². The molecule has 0 spiro atoms. The van der Waals surface area contributed by atoms with Crippen molar-refractivity contribution in [2.24, 2.45) is 0 Å². The highest BCUT2D eigenvalue weighted by atomic mass is 14.8. The Morgan fingerprint density at radius 3 is 2.83 bits per heavy atom. The number of nitrogens with one attached hydrogen (secondary N) is 1. The predicted octanol–water partition coefficient (Wildman–Crippen LogP) is 3.03. The summed E-state index contributed by atoms with van der Waals surface area (Å²) in [4.78, 5) is 8.98. The van der Waals surface area contributed by atoms with Crippen LogP contribution in [-0.4, -0.2) is 23.1 Å². The van der Waals surface area contributed by atoms with E-state index in [1.165, 1.54) is 5.57 Å². The van der Waals surface area contributed by atoms with Crippen molar-refractivity contribution >= 4 is 17.1 Å². The van der Waals surface area contributed by atoms with Crippen molar-refractivity contribution in [1.82, 2.24) is 15.3 Å². The molecule has 3 heteroatoms. The first kappa shape index (κ1) is 12.7. The molecule has 0 fully saturated rings. The van der Waals surface area contributed by atoms with Crippen LogP contribution in [0.1, 0.15) is 26.0 Å². The topological polar surface area (TPSA) is 37.8 Å². The molecule has 1 heterocycles. The lowest BCUT2D eigenvalue weighted by Gasteiger charge is -2.03. The van der Waals surface area contributed by atoms with Crippen LogP contribution < -0.4 is 5.32 Å². The van der Waals surface area contributed by atoms with Gasteiger partial charge in [-0.25, -0.2) is 4.98 Å². The maximum atomic E-state index is 4.58. The molecule has 0 aliphatic heterocycles. The highest BCUT2D eigenvalue weighted by Crippen LogP contribution is 2.10. The Morgan fingerprint density at radius 1 is 1.28 bits per heavy atom. The summed E-state index contributed by atoms with van der Waals surface area (Å²) < 4.78 is 0. The van der Waals surface area contributed by atoms with Gasteiger partial charge < -0.3 is 5.32 Å².